The van der Waals surface area contributed by atoms with E-state index >= 15 is 0 Å². The highest BCUT2D eigenvalue weighted by atomic mass is 32.2. The zero-order valence-electron chi connectivity index (χ0n) is 39.7. The molecule has 16 nitrogen and oxygen atoms in total. The molecule has 408 valence electrons. The average Bonchev–Trinajstić information content (AvgIpc) is 3.25. The highest BCUT2D eigenvalue weighted by Gasteiger charge is 2.77. The molecule has 0 aromatic heterocycles. The Morgan fingerprint density at radius 3 is 1.06 bits per heavy atom. The van der Waals surface area contributed by atoms with Crippen LogP contribution in [0.4, 0.5) is 52.7 Å². The third kappa shape index (κ3) is 21.9. The maximum Gasteiger partial charge on any atom is 0.427 e. The first-order valence-corrected chi connectivity index (χ1v) is 23.9. The number of rotatable bonds is 38. The van der Waals surface area contributed by atoms with Crippen LogP contribution in [-0.2, 0) is 48.5 Å². The van der Waals surface area contributed by atoms with Crippen molar-refractivity contribution in [2.24, 2.45) is 0 Å². The fourth-order valence-electron chi connectivity index (χ4n) is 5.30. The summed E-state index contributed by atoms with van der Waals surface area (Å²) in [5.74, 6) is -22.7. The Hall–Kier alpha value is -1.42. The lowest BCUT2D eigenvalue weighted by Gasteiger charge is -2.35. The van der Waals surface area contributed by atoms with Gasteiger partial charge < -0.3 is 37.8 Å². The number of hydrogen-bond acceptors (Lipinski definition) is 13. The van der Waals surface area contributed by atoms with E-state index in [0.29, 0.717) is 57.0 Å². The molecule has 0 aromatic rings. The van der Waals surface area contributed by atoms with Crippen LogP contribution in [0.1, 0.15) is 54.4 Å². The Bertz CT molecular complexity index is 1500. The van der Waals surface area contributed by atoms with Gasteiger partial charge in [-0.05, 0) is 39.9 Å². The number of nitrogens with zero attached hydrogens (tertiary/aromatic N) is 4. The van der Waals surface area contributed by atoms with E-state index in [9.17, 15) is 69.5 Å². The van der Waals surface area contributed by atoms with Gasteiger partial charge in [-0.3, -0.25) is 10.5 Å². The van der Waals surface area contributed by atoms with Crippen molar-refractivity contribution >= 4 is 20.0 Å². The summed E-state index contributed by atoms with van der Waals surface area (Å²) in [5, 5.41) is -0.0358. The second kappa shape index (κ2) is 32.5. The molecule has 0 rings (SSSR count). The quantitative estimate of drug-likeness (QED) is 0.0243. The van der Waals surface area contributed by atoms with Crippen molar-refractivity contribution in [1.29, 1.82) is 0 Å². The number of alkyl halides is 12. The molecule has 2 N–H and O–H groups in total. The van der Waals surface area contributed by atoms with E-state index in [1.54, 1.807) is 0 Å². The maximum absolute atomic E-state index is 14.3. The van der Waals surface area contributed by atoms with Crippen LogP contribution in [-0.4, -0.2) is 232 Å². The highest BCUT2D eigenvalue weighted by molar-refractivity contribution is 7.90. The van der Waals surface area contributed by atoms with Crippen LogP contribution in [0.15, 0.2) is 0 Å². The number of sulfonamides is 2. The van der Waals surface area contributed by atoms with E-state index < -0.39 is 107 Å². The number of ether oxygens (including phenoxy) is 6. The Kier molecular flexibility index (Phi) is 33.9. The summed E-state index contributed by atoms with van der Waals surface area (Å²) < 4.78 is 245. The average molecular weight is 1060 g/mol. The molecule has 0 aliphatic carbocycles. The summed E-state index contributed by atoms with van der Waals surface area (Å²) in [4.78, 5) is 1.87. The van der Waals surface area contributed by atoms with Crippen molar-refractivity contribution in [2.75, 3.05) is 153 Å². The predicted octanol–water partition coefficient (Wildman–Crippen LogP) is 5.99. The van der Waals surface area contributed by atoms with Gasteiger partial charge in [-0.25, -0.2) is 16.8 Å². The van der Waals surface area contributed by atoms with Crippen molar-refractivity contribution in [2.45, 2.75) is 88.6 Å². The molecule has 0 aliphatic heterocycles. The summed E-state index contributed by atoms with van der Waals surface area (Å²) in [6.07, 6.45) is 0.0902. The Balaban J connectivity index is -0.00000118. The Labute approximate surface area is 387 Å². The molecule has 0 aliphatic rings. The van der Waals surface area contributed by atoms with E-state index in [4.69, 9.17) is 38.9 Å². The Morgan fingerprint density at radius 1 is 0.478 bits per heavy atom. The molecule has 0 heterocycles. The molecule has 0 amide bonds. The van der Waals surface area contributed by atoms with Gasteiger partial charge in [-0.2, -0.15) is 61.3 Å². The second-order valence-corrected chi connectivity index (χ2v) is 18.9. The van der Waals surface area contributed by atoms with Gasteiger partial charge in [0.25, 0.3) is 20.0 Å². The summed E-state index contributed by atoms with van der Waals surface area (Å²) in [6, 6.07) is 0. The van der Waals surface area contributed by atoms with Crippen LogP contribution >= 0.6 is 0 Å². The van der Waals surface area contributed by atoms with E-state index in [0.717, 1.165) is 0 Å². The lowest BCUT2D eigenvalue weighted by molar-refractivity contribution is -0.906. The normalized spacial score (nSPS) is 13.8. The molecule has 0 unspecified atom stereocenters. The molecular weight excluding hydrogens is 985 g/mol. The van der Waals surface area contributed by atoms with Crippen LogP contribution in [0.2, 0.25) is 0 Å². The van der Waals surface area contributed by atoms with Gasteiger partial charge in [0.2, 0.25) is 0 Å². The Morgan fingerprint density at radius 2 is 0.776 bits per heavy atom. The summed E-state index contributed by atoms with van der Waals surface area (Å²) >= 11 is 0. The lowest BCUT2D eigenvalue weighted by Crippen LogP contribution is -2.60. The fraction of sp³-hybridized carbons (Fsp3) is 1.00. The van der Waals surface area contributed by atoms with E-state index in [1.165, 1.54) is 14.2 Å². The first-order valence-electron chi connectivity index (χ1n) is 21.0. The molecule has 0 aromatic carbocycles. The van der Waals surface area contributed by atoms with Crippen molar-refractivity contribution in [3.8, 4) is 0 Å². The van der Waals surface area contributed by atoms with E-state index in [2.05, 4.69) is 0 Å². The van der Waals surface area contributed by atoms with Gasteiger partial charge in [0, 0.05) is 60.7 Å². The van der Waals surface area contributed by atoms with Crippen molar-refractivity contribution in [3.05, 3.63) is 0 Å². The number of hydrogen-bond donors (Lipinski definition) is 2. The molecule has 0 radical (unpaired) electrons. The zero-order chi connectivity index (χ0) is 53.0. The third-order valence-electron chi connectivity index (χ3n) is 10.1. The van der Waals surface area contributed by atoms with Crippen molar-refractivity contribution < 1.29 is 113 Å². The molecular formula is C37H73F12N4O12S2+. The summed E-state index contributed by atoms with van der Waals surface area (Å²) in [7, 11) is -7.46. The van der Waals surface area contributed by atoms with Crippen LogP contribution in [0.25, 0.3) is 0 Å². The molecule has 67 heavy (non-hydrogen) atoms. The van der Waals surface area contributed by atoms with E-state index in [1.807, 2.05) is 39.6 Å². The van der Waals surface area contributed by atoms with Gasteiger partial charge in [-0.1, -0.05) is 13.8 Å². The van der Waals surface area contributed by atoms with Crippen LogP contribution in [0.5, 0.6) is 0 Å². The van der Waals surface area contributed by atoms with Crippen LogP contribution in [0.3, 0.4) is 0 Å². The topological polar surface area (TPSA) is 174 Å². The zero-order valence-corrected chi connectivity index (χ0v) is 41.3. The summed E-state index contributed by atoms with van der Waals surface area (Å²) in [5.41, 5.74) is 0. The van der Waals surface area contributed by atoms with Crippen LogP contribution in [0, 0.1) is 0 Å². The molecule has 0 spiro atoms. The predicted molar refractivity (Wildman–Crippen MR) is 223 cm³/mol. The van der Waals surface area contributed by atoms with Crippen molar-refractivity contribution in [3.63, 3.8) is 0 Å². The van der Waals surface area contributed by atoms with E-state index in [-0.39, 0.29) is 61.1 Å². The molecule has 30 heteroatoms. The first-order chi connectivity index (χ1) is 30.7. The SMILES string of the molecule is CCN(CC)CCCN(CCOCCOCCOC)S(=O)(=O)C(F)(F)C(F)(F)C(C)(F)F.CC[N+](C)(CC)CCCN(CCOCCOCCOC)S(=O)(=O)C(F)(F)C(F)(F)C(C)(F)F.OO. The van der Waals surface area contributed by atoms with Crippen LogP contribution < -0.4 is 0 Å². The lowest BCUT2D eigenvalue weighted by atomic mass is 10.2. The minimum atomic E-state index is -6.14. The molecule has 0 bridgehead atoms. The number of halogens is 12. The molecule has 0 saturated carbocycles. The smallest absolute Gasteiger partial charge is 0.382 e. The minimum absolute atomic E-state index is 0.0161. The third-order valence-corrected chi connectivity index (χ3v) is 14.0. The standard InChI is InChI=1S/C19H37F6N2O5S.C18H34F6N2O5S.H2O2/c1-6-27(4,7-2)11-8-9-26(10-12-31-15-16-32-14-13-30-5)33(28,29)19(24,25)18(22,23)17(3,20)21;1-5-25(6-2)8-7-9-26(10-11-30-14-15-31-13-12-29-4)32(27,28)18(23,24)17(21,22)16(3,19)20;1-2/h6-16H2,1-5H3;5-15H2,1-4H3;1-2H/q+1;;. The molecule has 0 saturated heterocycles. The second-order valence-electron chi connectivity index (χ2n) is 14.9. The van der Waals surface area contributed by atoms with Gasteiger partial charge in [0.1, 0.15) is 0 Å². The van der Waals surface area contributed by atoms with Gasteiger partial charge in [0.05, 0.1) is 92.8 Å². The van der Waals surface area contributed by atoms with Crippen molar-refractivity contribution in [1.82, 2.24) is 13.5 Å². The van der Waals surface area contributed by atoms with Gasteiger partial charge in [-0.15, -0.1) is 0 Å². The van der Waals surface area contributed by atoms with Gasteiger partial charge in [0.15, 0.2) is 0 Å². The van der Waals surface area contributed by atoms with Gasteiger partial charge >= 0.3 is 34.2 Å². The highest BCUT2D eigenvalue weighted by Crippen LogP contribution is 2.50. The number of quaternary nitrogens is 1. The maximum atomic E-state index is 14.3. The molecule has 0 fully saturated rings. The number of methoxy groups -OCH3 is 2. The largest absolute Gasteiger partial charge is 0.427 e. The summed E-state index contributed by atoms with van der Waals surface area (Å²) in [6.45, 7) is 7.83. The monoisotopic (exact) mass is 1060 g/mol. The first kappa shape index (κ1) is 69.8. The fourth-order valence-corrected chi connectivity index (χ4v) is 8.33. The minimum Gasteiger partial charge on any atom is -0.382 e. The molecule has 0 atom stereocenters.